The summed E-state index contributed by atoms with van der Waals surface area (Å²) < 4.78 is 36.9. The van der Waals surface area contributed by atoms with Crippen LogP contribution in [-0.4, -0.2) is 54.4 Å². The fourth-order valence-corrected chi connectivity index (χ4v) is 2.03. The molecule has 2 heterocycles. The van der Waals surface area contributed by atoms with E-state index in [2.05, 4.69) is 25.7 Å². The lowest BCUT2D eigenvalue weighted by molar-refractivity contribution is -0.141. The van der Waals surface area contributed by atoms with E-state index in [1.807, 2.05) is 0 Å². The van der Waals surface area contributed by atoms with Crippen molar-refractivity contribution in [1.29, 1.82) is 0 Å². The quantitative estimate of drug-likeness (QED) is 0.798. The minimum absolute atomic E-state index is 0.373. The van der Waals surface area contributed by atoms with E-state index in [4.69, 9.17) is 0 Å². The van der Waals surface area contributed by atoms with Crippen molar-refractivity contribution < 1.29 is 13.2 Å². The molecule has 0 radical (unpaired) electrons. The normalized spacial score (nSPS) is 17.1. The van der Waals surface area contributed by atoms with Crippen LogP contribution in [0.15, 0.2) is 12.1 Å². The van der Waals surface area contributed by atoms with E-state index in [1.165, 1.54) is 6.07 Å². The van der Waals surface area contributed by atoms with Crippen molar-refractivity contribution in [3.63, 3.8) is 0 Å². The van der Waals surface area contributed by atoms with Gasteiger partial charge in [-0.25, -0.2) is 0 Å². The Kier molecular flexibility index (Phi) is 5.13. The zero-order chi connectivity index (χ0) is 14.4. The molecule has 0 atom stereocenters. The standard InChI is InChI=1S/C12H18F3N5/c13-12(14,15)10-2-3-11(19-18-10)17-4-1-7-20-8-5-16-6-9-20/h2-3,16H,1,4-9H2,(H,17,19). The highest BCUT2D eigenvalue weighted by Gasteiger charge is 2.32. The Labute approximate surface area is 115 Å². The van der Waals surface area contributed by atoms with Gasteiger partial charge in [0.2, 0.25) is 0 Å². The van der Waals surface area contributed by atoms with Gasteiger partial charge in [0.05, 0.1) is 0 Å². The van der Waals surface area contributed by atoms with Crippen molar-refractivity contribution in [2.24, 2.45) is 0 Å². The van der Waals surface area contributed by atoms with Gasteiger partial charge in [-0.1, -0.05) is 0 Å². The molecule has 0 spiro atoms. The van der Waals surface area contributed by atoms with E-state index in [0.29, 0.717) is 12.4 Å². The minimum atomic E-state index is -4.44. The molecule has 20 heavy (non-hydrogen) atoms. The Balaban J connectivity index is 1.68. The largest absolute Gasteiger partial charge is 0.435 e. The van der Waals surface area contributed by atoms with E-state index in [9.17, 15) is 13.2 Å². The molecule has 0 unspecified atom stereocenters. The summed E-state index contributed by atoms with van der Waals surface area (Å²) in [6.07, 6.45) is -3.52. The van der Waals surface area contributed by atoms with E-state index in [1.54, 1.807) is 0 Å². The van der Waals surface area contributed by atoms with E-state index in [-0.39, 0.29) is 0 Å². The summed E-state index contributed by atoms with van der Waals surface area (Å²) >= 11 is 0. The van der Waals surface area contributed by atoms with Gasteiger partial charge in [-0.2, -0.15) is 13.2 Å². The van der Waals surface area contributed by atoms with Gasteiger partial charge in [0.25, 0.3) is 0 Å². The Morgan fingerprint density at radius 2 is 1.95 bits per heavy atom. The molecule has 8 heteroatoms. The van der Waals surface area contributed by atoms with Crippen LogP contribution in [0.5, 0.6) is 0 Å². The third kappa shape index (κ3) is 4.61. The molecule has 0 aromatic carbocycles. The lowest BCUT2D eigenvalue weighted by atomic mass is 10.3. The predicted molar refractivity (Wildman–Crippen MR) is 69.5 cm³/mol. The maximum atomic E-state index is 12.3. The SMILES string of the molecule is FC(F)(F)c1ccc(NCCCN2CCNCC2)nn1. The van der Waals surface area contributed by atoms with Gasteiger partial charge in [-0.15, -0.1) is 10.2 Å². The van der Waals surface area contributed by atoms with E-state index >= 15 is 0 Å². The van der Waals surface area contributed by atoms with Crippen LogP contribution >= 0.6 is 0 Å². The fourth-order valence-electron chi connectivity index (χ4n) is 2.03. The van der Waals surface area contributed by atoms with Gasteiger partial charge in [0, 0.05) is 32.7 Å². The van der Waals surface area contributed by atoms with Crippen molar-refractivity contribution in [1.82, 2.24) is 20.4 Å². The first-order chi connectivity index (χ1) is 9.55. The smallest absolute Gasteiger partial charge is 0.369 e. The summed E-state index contributed by atoms with van der Waals surface area (Å²) in [4.78, 5) is 2.36. The summed E-state index contributed by atoms with van der Waals surface area (Å²) in [6, 6.07) is 2.24. The molecule has 2 N–H and O–H groups in total. The van der Waals surface area contributed by atoms with Crippen molar-refractivity contribution >= 4 is 5.82 Å². The molecule has 1 aliphatic rings. The molecule has 1 aromatic rings. The lowest BCUT2D eigenvalue weighted by Gasteiger charge is -2.27. The van der Waals surface area contributed by atoms with E-state index < -0.39 is 11.9 Å². The number of halogens is 3. The molecule has 0 aliphatic carbocycles. The molecule has 0 bridgehead atoms. The van der Waals surface area contributed by atoms with Crippen LogP contribution in [0.1, 0.15) is 12.1 Å². The maximum absolute atomic E-state index is 12.3. The molecule has 2 rings (SSSR count). The molecular weight excluding hydrogens is 271 g/mol. The van der Waals surface area contributed by atoms with Gasteiger partial charge in [-0.05, 0) is 25.1 Å². The first-order valence-corrected chi connectivity index (χ1v) is 6.63. The molecule has 5 nitrogen and oxygen atoms in total. The molecule has 112 valence electrons. The summed E-state index contributed by atoms with van der Waals surface area (Å²) in [5, 5.41) is 12.9. The number of anilines is 1. The Bertz CT molecular complexity index is 401. The zero-order valence-electron chi connectivity index (χ0n) is 11.1. The summed E-state index contributed by atoms with van der Waals surface area (Å²) in [7, 11) is 0. The first kappa shape index (κ1) is 15.0. The van der Waals surface area contributed by atoms with Gasteiger partial charge in [0.15, 0.2) is 5.69 Å². The van der Waals surface area contributed by atoms with Crippen LogP contribution in [0.3, 0.4) is 0 Å². The number of hydrogen-bond acceptors (Lipinski definition) is 5. The van der Waals surface area contributed by atoms with Crippen molar-refractivity contribution in [2.45, 2.75) is 12.6 Å². The Morgan fingerprint density at radius 1 is 1.20 bits per heavy atom. The second kappa shape index (κ2) is 6.85. The topological polar surface area (TPSA) is 53.1 Å². The van der Waals surface area contributed by atoms with Gasteiger partial charge < -0.3 is 15.5 Å². The number of nitrogens with zero attached hydrogens (tertiary/aromatic N) is 3. The molecule has 1 fully saturated rings. The maximum Gasteiger partial charge on any atom is 0.435 e. The Hall–Kier alpha value is -1.41. The van der Waals surface area contributed by atoms with Crippen LogP contribution in [0.25, 0.3) is 0 Å². The number of piperazine rings is 1. The summed E-state index contributed by atoms with van der Waals surface area (Å²) in [5.74, 6) is 0.373. The number of nitrogens with one attached hydrogen (secondary N) is 2. The van der Waals surface area contributed by atoms with Crippen LogP contribution < -0.4 is 10.6 Å². The first-order valence-electron chi connectivity index (χ1n) is 6.63. The highest BCUT2D eigenvalue weighted by Crippen LogP contribution is 2.26. The molecule has 1 aliphatic heterocycles. The predicted octanol–water partition coefficient (Wildman–Crippen LogP) is 1.20. The van der Waals surface area contributed by atoms with Crippen molar-refractivity contribution in [3.05, 3.63) is 17.8 Å². The molecule has 0 saturated carbocycles. The van der Waals surface area contributed by atoms with Gasteiger partial charge in [-0.3, -0.25) is 0 Å². The summed E-state index contributed by atoms with van der Waals surface area (Å²) in [5.41, 5.74) is -0.969. The lowest BCUT2D eigenvalue weighted by Crippen LogP contribution is -2.44. The third-order valence-corrected chi connectivity index (χ3v) is 3.12. The van der Waals surface area contributed by atoms with Gasteiger partial charge >= 0.3 is 6.18 Å². The van der Waals surface area contributed by atoms with Crippen LogP contribution in [0.4, 0.5) is 19.0 Å². The molecular formula is C12H18F3N5. The van der Waals surface area contributed by atoms with Crippen LogP contribution in [0, 0.1) is 0 Å². The second-order valence-corrected chi connectivity index (χ2v) is 4.67. The monoisotopic (exact) mass is 289 g/mol. The van der Waals surface area contributed by atoms with Gasteiger partial charge in [0.1, 0.15) is 5.82 Å². The zero-order valence-corrected chi connectivity index (χ0v) is 11.1. The third-order valence-electron chi connectivity index (χ3n) is 3.12. The number of hydrogen-bond donors (Lipinski definition) is 2. The fraction of sp³-hybridized carbons (Fsp3) is 0.667. The average Bonchev–Trinajstić information content (AvgIpc) is 2.44. The molecule has 1 saturated heterocycles. The Morgan fingerprint density at radius 3 is 2.55 bits per heavy atom. The summed E-state index contributed by atoms with van der Waals surface area (Å²) in [6.45, 7) is 5.75. The molecule has 1 aromatic heterocycles. The number of alkyl halides is 3. The number of aromatic nitrogens is 2. The molecule has 0 amide bonds. The highest BCUT2D eigenvalue weighted by atomic mass is 19.4. The van der Waals surface area contributed by atoms with Crippen LogP contribution in [0.2, 0.25) is 0 Å². The minimum Gasteiger partial charge on any atom is -0.369 e. The van der Waals surface area contributed by atoms with Crippen molar-refractivity contribution in [2.75, 3.05) is 44.6 Å². The van der Waals surface area contributed by atoms with Crippen LogP contribution in [-0.2, 0) is 6.18 Å². The number of rotatable bonds is 5. The average molecular weight is 289 g/mol. The second-order valence-electron chi connectivity index (χ2n) is 4.67. The highest BCUT2D eigenvalue weighted by molar-refractivity contribution is 5.33. The van der Waals surface area contributed by atoms with E-state index in [0.717, 1.165) is 45.2 Å². The van der Waals surface area contributed by atoms with Crippen molar-refractivity contribution in [3.8, 4) is 0 Å².